The molecule has 0 aliphatic rings. The number of carbonyl (C=O) groups is 1. The Morgan fingerprint density at radius 1 is 1.31 bits per heavy atom. The lowest BCUT2D eigenvalue weighted by atomic mass is 10.2. The molecule has 0 aliphatic carbocycles. The van der Waals surface area contributed by atoms with Gasteiger partial charge in [-0.05, 0) is 19.4 Å². The van der Waals surface area contributed by atoms with Crippen LogP contribution in [0.4, 0.5) is 0 Å². The number of rotatable bonds is 8. The maximum Gasteiger partial charge on any atom is 0.305 e. The van der Waals surface area contributed by atoms with Crippen LogP contribution >= 0.6 is 11.6 Å². The van der Waals surface area contributed by atoms with Crippen LogP contribution < -0.4 is 5.32 Å². The zero-order valence-corrected chi connectivity index (χ0v) is 8.90. The normalized spacial score (nSPS) is 10.0. The number of ether oxygens (including phenoxy) is 1. The van der Waals surface area contributed by atoms with Crippen molar-refractivity contribution in [1.82, 2.24) is 5.32 Å². The maximum atomic E-state index is 10.7. The molecule has 0 heterocycles. The highest BCUT2D eigenvalue weighted by Crippen LogP contribution is 1.99. The third kappa shape index (κ3) is 9.64. The molecule has 0 atom stereocenters. The Morgan fingerprint density at radius 2 is 2.08 bits per heavy atom. The van der Waals surface area contributed by atoms with Crippen molar-refractivity contribution in [3.05, 3.63) is 0 Å². The standard InChI is InChI=1S/C9H18ClNO2/c1-13-9(12)5-3-2-4-7-11-8-6-10/h11H,2-8H2,1H3. The van der Waals surface area contributed by atoms with Crippen LogP contribution in [-0.4, -0.2) is 32.0 Å². The highest BCUT2D eigenvalue weighted by atomic mass is 35.5. The molecule has 0 bridgehead atoms. The van der Waals surface area contributed by atoms with Crippen molar-refractivity contribution >= 4 is 17.6 Å². The molecule has 1 N–H and O–H groups in total. The van der Waals surface area contributed by atoms with Crippen LogP contribution in [0.5, 0.6) is 0 Å². The van der Waals surface area contributed by atoms with Gasteiger partial charge in [-0.3, -0.25) is 4.79 Å². The van der Waals surface area contributed by atoms with E-state index in [0.717, 1.165) is 32.4 Å². The van der Waals surface area contributed by atoms with Crippen LogP contribution in [0.2, 0.25) is 0 Å². The first-order valence-corrected chi connectivity index (χ1v) is 5.18. The van der Waals surface area contributed by atoms with Crippen molar-refractivity contribution in [2.45, 2.75) is 25.7 Å². The summed E-state index contributed by atoms with van der Waals surface area (Å²) in [6.07, 6.45) is 3.60. The maximum absolute atomic E-state index is 10.7. The van der Waals surface area contributed by atoms with Gasteiger partial charge in [0.1, 0.15) is 0 Å². The van der Waals surface area contributed by atoms with Crippen LogP contribution in [0.1, 0.15) is 25.7 Å². The van der Waals surface area contributed by atoms with Crippen molar-refractivity contribution in [2.75, 3.05) is 26.1 Å². The molecule has 0 fully saturated rings. The third-order valence-electron chi connectivity index (χ3n) is 1.73. The molecule has 0 rings (SSSR count). The van der Waals surface area contributed by atoms with Gasteiger partial charge < -0.3 is 10.1 Å². The fraction of sp³-hybridized carbons (Fsp3) is 0.889. The van der Waals surface area contributed by atoms with Crippen molar-refractivity contribution in [3.63, 3.8) is 0 Å². The Kier molecular flexibility index (Phi) is 9.59. The summed E-state index contributed by atoms with van der Waals surface area (Å²) >= 11 is 5.48. The molecule has 0 unspecified atom stereocenters. The second-order valence-corrected chi connectivity index (χ2v) is 3.20. The average molecular weight is 208 g/mol. The molecule has 0 radical (unpaired) electrons. The first-order valence-electron chi connectivity index (χ1n) is 4.64. The number of nitrogens with one attached hydrogen (secondary N) is 1. The lowest BCUT2D eigenvalue weighted by Gasteiger charge is -2.01. The summed E-state index contributed by atoms with van der Waals surface area (Å²) in [6.45, 7) is 1.84. The monoisotopic (exact) mass is 207 g/mol. The molecule has 0 aromatic rings. The van der Waals surface area contributed by atoms with Gasteiger partial charge in [-0.2, -0.15) is 0 Å². The number of halogens is 1. The second-order valence-electron chi connectivity index (χ2n) is 2.83. The number of alkyl halides is 1. The Morgan fingerprint density at radius 3 is 2.69 bits per heavy atom. The summed E-state index contributed by atoms with van der Waals surface area (Å²) in [4.78, 5) is 10.7. The van der Waals surface area contributed by atoms with Crippen molar-refractivity contribution < 1.29 is 9.53 Å². The summed E-state index contributed by atoms with van der Waals surface area (Å²) in [5, 5.41) is 3.19. The van der Waals surface area contributed by atoms with Gasteiger partial charge in [0.2, 0.25) is 0 Å². The molecule has 0 amide bonds. The first kappa shape index (κ1) is 12.7. The van der Waals surface area contributed by atoms with E-state index in [-0.39, 0.29) is 5.97 Å². The number of methoxy groups -OCH3 is 1. The fourth-order valence-electron chi connectivity index (χ4n) is 0.990. The largest absolute Gasteiger partial charge is 0.469 e. The van der Waals surface area contributed by atoms with E-state index in [1.54, 1.807) is 0 Å². The van der Waals surface area contributed by atoms with E-state index >= 15 is 0 Å². The van der Waals surface area contributed by atoms with E-state index < -0.39 is 0 Å². The van der Waals surface area contributed by atoms with Crippen molar-refractivity contribution in [1.29, 1.82) is 0 Å². The van der Waals surface area contributed by atoms with E-state index in [0.29, 0.717) is 12.3 Å². The SMILES string of the molecule is COC(=O)CCCCCNCCCl. The molecular weight excluding hydrogens is 190 g/mol. The third-order valence-corrected chi connectivity index (χ3v) is 1.92. The van der Waals surface area contributed by atoms with Crippen molar-refractivity contribution in [3.8, 4) is 0 Å². The summed E-state index contributed by atoms with van der Waals surface area (Å²) in [5.41, 5.74) is 0. The number of esters is 1. The molecule has 0 aliphatic heterocycles. The van der Waals surface area contributed by atoms with Gasteiger partial charge in [-0.15, -0.1) is 11.6 Å². The van der Waals surface area contributed by atoms with Crippen LogP contribution in [-0.2, 0) is 9.53 Å². The molecule has 0 spiro atoms. The number of hydrogen-bond donors (Lipinski definition) is 1. The Balaban J connectivity index is 2.95. The summed E-state index contributed by atoms with van der Waals surface area (Å²) in [6, 6.07) is 0. The van der Waals surface area contributed by atoms with Crippen molar-refractivity contribution in [2.24, 2.45) is 0 Å². The molecule has 4 heteroatoms. The van der Waals surface area contributed by atoms with E-state index in [2.05, 4.69) is 10.1 Å². The Hall–Kier alpha value is -0.280. The molecule has 3 nitrogen and oxygen atoms in total. The second kappa shape index (κ2) is 9.81. The quantitative estimate of drug-likeness (QED) is 0.373. The zero-order chi connectivity index (χ0) is 9.94. The molecule has 0 saturated heterocycles. The Bertz CT molecular complexity index is 131. The van der Waals surface area contributed by atoms with Gasteiger partial charge in [0, 0.05) is 18.8 Å². The van der Waals surface area contributed by atoms with Crippen LogP contribution in [0, 0.1) is 0 Å². The number of carbonyl (C=O) groups excluding carboxylic acids is 1. The lowest BCUT2D eigenvalue weighted by molar-refractivity contribution is -0.140. The van der Waals surface area contributed by atoms with Gasteiger partial charge in [0.15, 0.2) is 0 Å². The number of unbranched alkanes of at least 4 members (excludes halogenated alkanes) is 2. The van der Waals surface area contributed by atoms with E-state index in [1.807, 2.05) is 0 Å². The van der Waals surface area contributed by atoms with Gasteiger partial charge in [0.25, 0.3) is 0 Å². The fourth-order valence-corrected chi connectivity index (χ4v) is 1.12. The topological polar surface area (TPSA) is 38.3 Å². The van der Waals surface area contributed by atoms with Gasteiger partial charge in [0.05, 0.1) is 7.11 Å². The van der Waals surface area contributed by atoms with Crippen LogP contribution in [0.25, 0.3) is 0 Å². The van der Waals surface area contributed by atoms with Gasteiger partial charge >= 0.3 is 5.97 Å². The number of hydrogen-bond acceptors (Lipinski definition) is 3. The minimum absolute atomic E-state index is 0.117. The van der Waals surface area contributed by atoms with E-state index in [9.17, 15) is 4.79 Å². The minimum atomic E-state index is -0.117. The highest BCUT2D eigenvalue weighted by molar-refractivity contribution is 6.18. The predicted octanol–water partition coefficient (Wildman–Crippen LogP) is 1.55. The van der Waals surface area contributed by atoms with E-state index in [4.69, 9.17) is 11.6 Å². The van der Waals surface area contributed by atoms with E-state index in [1.165, 1.54) is 7.11 Å². The molecule has 13 heavy (non-hydrogen) atoms. The highest BCUT2D eigenvalue weighted by Gasteiger charge is 1.98. The summed E-state index contributed by atoms with van der Waals surface area (Å²) in [5.74, 6) is 0.538. The molecule has 78 valence electrons. The average Bonchev–Trinajstić information content (AvgIpc) is 2.16. The molecular formula is C9H18ClNO2. The van der Waals surface area contributed by atoms with Gasteiger partial charge in [-0.1, -0.05) is 6.42 Å². The lowest BCUT2D eigenvalue weighted by Crippen LogP contribution is -2.17. The minimum Gasteiger partial charge on any atom is -0.469 e. The first-order chi connectivity index (χ1) is 6.31. The summed E-state index contributed by atoms with van der Waals surface area (Å²) in [7, 11) is 1.42. The van der Waals surface area contributed by atoms with Gasteiger partial charge in [-0.25, -0.2) is 0 Å². The molecule has 0 aromatic heterocycles. The summed E-state index contributed by atoms with van der Waals surface area (Å²) < 4.78 is 4.52. The predicted molar refractivity (Wildman–Crippen MR) is 54.1 cm³/mol. The molecule has 0 aromatic carbocycles. The van der Waals surface area contributed by atoms with Crippen LogP contribution in [0.3, 0.4) is 0 Å². The Labute approximate surface area is 84.8 Å². The smallest absolute Gasteiger partial charge is 0.305 e. The van der Waals surface area contributed by atoms with Crippen LogP contribution in [0.15, 0.2) is 0 Å². The molecule has 0 saturated carbocycles. The zero-order valence-electron chi connectivity index (χ0n) is 8.14.